The van der Waals surface area contributed by atoms with Gasteiger partial charge in [0.15, 0.2) is 5.82 Å². The maximum absolute atomic E-state index is 12.5. The van der Waals surface area contributed by atoms with Gasteiger partial charge in [-0.25, -0.2) is 4.68 Å². The van der Waals surface area contributed by atoms with Crippen LogP contribution in [0.2, 0.25) is 5.02 Å². The molecule has 0 saturated carbocycles. The number of rotatable bonds is 5. The van der Waals surface area contributed by atoms with Crippen molar-refractivity contribution in [3.8, 4) is 11.4 Å². The molecule has 0 aliphatic heterocycles. The van der Waals surface area contributed by atoms with E-state index in [0.717, 1.165) is 16.7 Å². The standard InChI is InChI=1S/C19H20ClN5OS/c1-11-6-4-5-7-15(11)17-23-24-19(25(17)21)27-13(3)18(26)22-16-10-14(20)9-8-12(16)2/h4-10,13H,21H2,1-3H3,(H,22,26)/t13-/m0/s1. The van der Waals surface area contributed by atoms with Gasteiger partial charge in [-0.05, 0) is 44.0 Å². The van der Waals surface area contributed by atoms with Gasteiger partial charge in [0, 0.05) is 16.3 Å². The number of aryl methyl sites for hydroxylation is 2. The van der Waals surface area contributed by atoms with Crippen molar-refractivity contribution >= 4 is 35.0 Å². The van der Waals surface area contributed by atoms with Gasteiger partial charge in [0.05, 0.1) is 5.25 Å². The van der Waals surface area contributed by atoms with Crippen molar-refractivity contribution in [2.24, 2.45) is 0 Å². The molecule has 0 bridgehead atoms. The van der Waals surface area contributed by atoms with E-state index in [2.05, 4.69) is 15.5 Å². The van der Waals surface area contributed by atoms with Crippen LogP contribution >= 0.6 is 23.4 Å². The summed E-state index contributed by atoms with van der Waals surface area (Å²) in [7, 11) is 0. The first-order chi connectivity index (χ1) is 12.9. The molecule has 140 valence electrons. The van der Waals surface area contributed by atoms with Gasteiger partial charge >= 0.3 is 0 Å². The molecule has 1 atom stereocenters. The Morgan fingerprint density at radius 2 is 1.93 bits per heavy atom. The monoisotopic (exact) mass is 401 g/mol. The van der Waals surface area contributed by atoms with Crippen LogP contribution in [-0.4, -0.2) is 26.0 Å². The molecule has 27 heavy (non-hydrogen) atoms. The molecular formula is C19H20ClN5OS. The van der Waals surface area contributed by atoms with E-state index in [1.54, 1.807) is 19.1 Å². The van der Waals surface area contributed by atoms with E-state index in [1.807, 2.05) is 44.2 Å². The van der Waals surface area contributed by atoms with Crippen molar-refractivity contribution in [3.05, 3.63) is 58.6 Å². The highest BCUT2D eigenvalue weighted by molar-refractivity contribution is 8.00. The van der Waals surface area contributed by atoms with Crippen molar-refractivity contribution in [2.45, 2.75) is 31.2 Å². The van der Waals surface area contributed by atoms with E-state index in [9.17, 15) is 4.79 Å². The lowest BCUT2D eigenvalue weighted by Gasteiger charge is -2.13. The van der Waals surface area contributed by atoms with Crippen molar-refractivity contribution in [1.29, 1.82) is 0 Å². The van der Waals surface area contributed by atoms with Crippen molar-refractivity contribution in [1.82, 2.24) is 14.9 Å². The smallest absolute Gasteiger partial charge is 0.237 e. The highest BCUT2D eigenvalue weighted by atomic mass is 35.5. The van der Waals surface area contributed by atoms with Crippen LogP contribution in [0.4, 0.5) is 5.69 Å². The number of hydrogen-bond donors (Lipinski definition) is 2. The van der Waals surface area contributed by atoms with Crippen LogP contribution in [0.1, 0.15) is 18.1 Å². The van der Waals surface area contributed by atoms with E-state index in [0.29, 0.717) is 21.7 Å². The molecule has 0 fully saturated rings. The second-order valence-electron chi connectivity index (χ2n) is 6.20. The van der Waals surface area contributed by atoms with Gasteiger partial charge in [0.1, 0.15) is 0 Å². The molecule has 1 heterocycles. The Morgan fingerprint density at radius 3 is 2.67 bits per heavy atom. The molecule has 0 radical (unpaired) electrons. The maximum atomic E-state index is 12.5. The first-order valence-corrected chi connectivity index (χ1v) is 9.62. The number of nitrogen functional groups attached to an aromatic ring is 1. The van der Waals surface area contributed by atoms with Crippen LogP contribution in [0, 0.1) is 13.8 Å². The molecule has 0 aliphatic rings. The van der Waals surface area contributed by atoms with Gasteiger partial charge in [-0.3, -0.25) is 4.79 Å². The molecule has 3 N–H and O–H groups in total. The SMILES string of the molecule is Cc1ccc(Cl)cc1NC(=O)[C@H](C)Sc1nnc(-c2ccccc2C)n1N. The molecule has 8 heteroatoms. The molecule has 0 spiro atoms. The van der Waals surface area contributed by atoms with E-state index in [4.69, 9.17) is 17.4 Å². The molecular weight excluding hydrogens is 382 g/mol. The van der Waals surface area contributed by atoms with Crippen LogP contribution in [0.25, 0.3) is 11.4 Å². The number of hydrogen-bond acceptors (Lipinski definition) is 5. The van der Waals surface area contributed by atoms with Crippen LogP contribution in [0.3, 0.4) is 0 Å². The lowest BCUT2D eigenvalue weighted by molar-refractivity contribution is -0.115. The Kier molecular flexibility index (Phi) is 5.72. The van der Waals surface area contributed by atoms with E-state index < -0.39 is 5.25 Å². The Bertz CT molecular complexity index is 988. The zero-order valence-corrected chi connectivity index (χ0v) is 16.8. The van der Waals surface area contributed by atoms with Crippen LogP contribution < -0.4 is 11.2 Å². The summed E-state index contributed by atoms with van der Waals surface area (Å²) in [6.45, 7) is 5.69. The largest absolute Gasteiger partial charge is 0.335 e. The second kappa shape index (κ2) is 8.02. The fourth-order valence-electron chi connectivity index (χ4n) is 2.54. The molecule has 2 aromatic carbocycles. The Morgan fingerprint density at radius 1 is 1.19 bits per heavy atom. The zero-order chi connectivity index (χ0) is 19.6. The topological polar surface area (TPSA) is 85.8 Å². The third-order valence-electron chi connectivity index (χ3n) is 4.16. The minimum absolute atomic E-state index is 0.161. The maximum Gasteiger partial charge on any atom is 0.237 e. The van der Waals surface area contributed by atoms with Crippen molar-refractivity contribution in [2.75, 3.05) is 11.2 Å². The summed E-state index contributed by atoms with van der Waals surface area (Å²) in [6, 6.07) is 13.2. The minimum atomic E-state index is -0.417. The molecule has 0 saturated heterocycles. The quantitative estimate of drug-likeness (QED) is 0.497. The first-order valence-electron chi connectivity index (χ1n) is 8.37. The highest BCUT2D eigenvalue weighted by Gasteiger charge is 2.21. The summed E-state index contributed by atoms with van der Waals surface area (Å²) in [5, 5.41) is 11.9. The molecule has 6 nitrogen and oxygen atoms in total. The summed E-state index contributed by atoms with van der Waals surface area (Å²) in [5.41, 5.74) is 3.59. The summed E-state index contributed by atoms with van der Waals surface area (Å²) in [6.07, 6.45) is 0. The normalized spacial score (nSPS) is 12.0. The minimum Gasteiger partial charge on any atom is -0.335 e. The van der Waals surface area contributed by atoms with Crippen molar-refractivity contribution < 1.29 is 4.79 Å². The van der Waals surface area contributed by atoms with Crippen LogP contribution in [0.5, 0.6) is 0 Å². The van der Waals surface area contributed by atoms with E-state index in [-0.39, 0.29) is 5.91 Å². The van der Waals surface area contributed by atoms with Gasteiger partial charge in [0.25, 0.3) is 0 Å². The second-order valence-corrected chi connectivity index (χ2v) is 7.94. The lowest BCUT2D eigenvalue weighted by Crippen LogP contribution is -2.24. The van der Waals surface area contributed by atoms with E-state index >= 15 is 0 Å². The number of nitrogens with zero attached hydrogens (tertiary/aromatic N) is 3. The van der Waals surface area contributed by atoms with Gasteiger partial charge in [-0.1, -0.05) is 53.7 Å². The number of carbonyl (C=O) groups is 1. The van der Waals surface area contributed by atoms with Gasteiger partial charge in [0.2, 0.25) is 11.1 Å². The third kappa shape index (κ3) is 4.26. The fraction of sp³-hybridized carbons (Fsp3) is 0.211. The number of nitrogens with one attached hydrogen (secondary N) is 1. The number of halogens is 1. The number of benzene rings is 2. The summed E-state index contributed by atoms with van der Waals surface area (Å²) in [4.78, 5) is 12.5. The predicted octanol–water partition coefficient (Wildman–Crippen LogP) is 4.05. The molecule has 0 unspecified atom stereocenters. The molecule has 3 aromatic rings. The highest BCUT2D eigenvalue weighted by Crippen LogP contribution is 2.27. The molecule has 3 rings (SSSR count). The third-order valence-corrected chi connectivity index (χ3v) is 5.45. The van der Waals surface area contributed by atoms with Gasteiger partial charge < -0.3 is 11.2 Å². The van der Waals surface area contributed by atoms with E-state index in [1.165, 1.54) is 16.4 Å². The molecule has 1 amide bonds. The number of thioether (sulfide) groups is 1. The molecule has 1 aromatic heterocycles. The number of carbonyl (C=O) groups excluding carboxylic acids is 1. The van der Waals surface area contributed by atoms with Gasteiger partial charge in [-0.2, -0.15) is 0 Å². The summed E-state index contributed by atoms with van der Waals surface area (Å²) >= 11 is 7.26. The first kappa shape index (κ1) is 19.3. The predicted molar refractivity (Wildman–Crippen MR) is 110 cm³/mol. The number of amides is 1. The lowest BCUT2D eigenvalue weighted by atomic mass is 10.1. The Labute approximate surface area is 167 Å². The van der Waals surface area contributed by atoms with Gasteiger partial charge in [-0.15, -0.1) is 10.2 Å². The number of anilines is 1. The fourth-order valence-corrected chi connectivity index (χ4v) is 3.48. The van der Waals surface area contributed by atoms with Crippen molar-refractivity contribution in [3.63, 3.8) is 0 Å². The van der Waals surface area contributed by atoms with Crippen LogP contribution in [0.15, 0.2) is 47.6 Å². The Balaban J connectivity index is 1.75. The summed E-state index contributed by atoms with van der Waals surface area (Å²) in [5.74, 6) is 6.57. The average Bonchev–Trinajstić information content (AvgIpc) is 2.99. The zero-order valence-electron chi connectivity index (χ0n) is 15.2. The summed E-state index contributed by atoms with van der Waals surface area (Å²) < 4.78 is 1.42. The Hall–Kier alpha value is -2.51. The average molecular weight is 402 g/mol. The number of aromatic nitrogens is 3. The molecule has 0 aliphatic carbocycles. The number of nitrogens with two attached hydrogens (primary N) is 1. The van der Waals surface area contributed by atoms with Crippen LogP contribution in [-0.2, 0) is 4.79 Å².